The molecule has 3 saturated heterocycles. The molecule has 0 aromatic rings. The second-order valence-corrected chi connectivity index (χ2v) is 9.79. The standard InChI is InChI=1S/C25H38N2O6/c1-7-10-17(5)26(11-8-2)22(30)20-25-15-16(4)24(6,33-25)19(23(31)32-14-9-3)18(25)21(29)27(20)12-13-28/h8-9,16-20,28H,2-3,7,10-15H2,1,4-6H3/t16?,17?,18-,19+,20?,24-,25?/m0/s1. The topological polar surface area (TPSA) is 96.4 Å². The average Bonchev–Trinajstić information content (AvgIpc) is 3.27. The average molecular weight is 463 g/mol. The molecule has 0 aromatic heterocycles. The van der Waals surface area contributed by atoms with Gasteiger partial charge in [0.1, 0.15) is 24.2 Å². The fourth-order valence-corrected chi connectivity index (χ4v) is 6.31. The largest absolute Gasteiger partial charge is 0.461 e. The van der Waals surface area contributed by atoms with Crippen LogP contribution >= 0.6 is 0 Å². The molecule has 0 aromatic carbocycles. The van der Waals surface area contributed by atoms with Gasteiger partial charge in [-0.1, -0.05) is 39.0 Å². The highest BCUT2D eigenvalue weighted by atomic mass is 16.6. The van der Waals surface area contributed by atoms with E-state index in [4.69, 9.17) is 9.47 Å². The number of hydrogen-bond donors (Lipinski definition) is 1. The molecule has 184 valence electrons. The maximum absolute atomic E-state index is 14.1. The lowest BCUT2D eigenvalue weighted by molar-refractivity contribution is -0.161. The monoisotopic (exact) mass is 462 g/mol. The minimum absolute atomic E-state index is 0.000455. The number of carbonyl (C=O) groups excluding carboxylic acids is 3. The van der Waals surface area contributed by atoms with E-state index < -0.39 is 35.0 Å². The summed E-state index contributed by atoms with van der Waals surface area (Å²) in [4.78, 5) is 44.1. The molecule has 0 radical (unpaired) electrons. The highest BCUT2D eigenvalue weighted by molar-refractivity contribution is 5.98. The predicted molar refractivity (Wildman–Crippen MR) is 123 cm³/mol. The van der Waals surface area contributed by atoms with Crippen LogP contribution in [-0.4, -0.2) is 82.3 Å². The summed E-state index contributed by atoms with van der Waals surface area (Å²) in [6, 6.07) is -0.968. The van der Waals surface area contributed by atoms with Crippen molar-refractivity contribution in [3.8, 4) is 0 Å². The number of esters is 1. The maximum Gasteiger partial charge on any atom is 0.313 e. The van der Waals surface area contributed by atoms with E-state index in [9.17, 15) is 19.5 Å². The lowest BCUT2D eigenvalue weighted by atomic mass is 9.62. The first-order valence-corrected chi connectivity index (χ1v) is 11.9. The van der Waals surface area contributed by atoms with Gasteiger partial charge in [-0.05, 0) is 32.6 Å². The van der Waals surface area contributed by atoms with Gasteiger partial charge < -0.3 is 24.4 Å². The Balaban J connectivity index is 2.08. The molecule has 0 saturated carbocycles. The second-order valence-electron chi connectivity index (χ2n) is 9.79. The van der Waals surface area contributed by atoms with E-state index in [-0.39, 0.29) is 43.5 Å². The van der Waals surface area contributed by atoms with Crippen molar-refractivity contribution in [2.75, 3.05) is 26.3 Å². The normalized spacial score (nSPS) is 35.3. The van der Waals surface area contributed by atoms with E-state index in [1.54, 1.807) is 11.0 Å². The van der Waals surface area contributed by atoms with E-state index in [1.165, 1.54) is 11.0 Å². The van der Waals surface area contributed by atoms with Crippen molar-refractivity contribution in [2.45, 2.75) is 70.2 Å². The van der Waals surface area contributed by atoms with Crippen LogP contribution in [0.5, 0.6) is 0 Å². The zero-order valence-electron chi connectivity index (χ0n) is 20.3. The summed E-state index contributed by atoms with van der Waals surface area (Å²) < 4.78 is 12.0. The smallest absolute Gasteiger partial charge is 0.313 e. The van der Waals surface area contributed by atoms with Gasteiger partial charge in [-0.25, -0.2) is 0 Å². The van der Waals surface area contributed by atoms with Crippen LogP contribution in [0.3, 0.4) is 0 Å². The minimum atomic E-state index is -1.14. The summed E-state index contributed by atoms with van der Waals surface area (Å²) in [6.45, 7) is 15.4. The number of rotatable bonds is 11. The Hall–Kier alpha value is -2.19. The molecule has 3 aliphatic rings. The number of β-amino-alcohol motifs (C(OH)–C–C–N with tert-alkyl or cyclic N) is 1. The van der Waals surface area contributed by atoms with Crippen LogP contribution in [-0.2, 0) is 23.9 Å². The first kappa shape index (κ1) is 25.4. The van der Waals surface area contributed by atoms with Crippen molar-refractivity contribution in [1.29, 1.82) is 0 Å². The van der Waals surface area contributed by atoms with Gasteiger partial charge in [0.05, 0.1) is 18.1 Å². The second kappa shape index (κ2) is 9.58. The number of fused-ring (bicyclic) bond motifs is 1. The summed E-state index contributed by atoms with van der Waals surface area (Å²) in [5.74, 6) is -2.79. The van der Waals surface area contributed by atoms with Crippen molar-refractivity contribution in [3.05, 3.63) is 25.3 Å². The highest BCUT2D eigenvalue weighted by Gasteiger charge is 2.80. The first-order valence-electron chi connectivity index (χ1n) is 11.9. The van der Waals surface area contributed by atoms with Crippen LogP contribution in [0.15, 0.2) is 25.3 Å². The van der Waals surface area contributed by atoms with E-state index in [2.05, 4.69) is 20.1 Å². The molecule has 0 aliphatic carbocycles. The number of aliphatic hydroxyl groups is 1. The zero-order chi connectivity index (χ0) is 24.6. The Morgan fingerprint density at radius 3 is 2.67 bits per heavy atom. The van der Waals surface area contributed by atoms with Gasteiger partial charge in [0.25, 0.3) is 0 Å². The molecule has 2 amide bonds. The molecular formula is C25H38N2O6. The summed E-state index contributed by atoms with van der Waals surface area (Å²) >= 11 is 0. The Morgan fingerprint density at radius 2 is 2.09 bits per heavy atom. The lowest BCUT2D eigenvalue weighted by Crippen LogP contribution is -2.58. The zero-order valence-corrected chi connectivity index (χ0v) is 20.3. The Kier molecular flexibility index (Phi) is 7.39. The molecule has 8 nitrogen and oxygen atoms in total. The van der Waals surface area contributed by atoms with Crippen LogP contribution < -0.4 is 0 Å². The molecule has 33 heavy (non-hydrogen) atoms. The molecule has 4 unspecified atom stereocenters. The van der Waals surface area contributed by atoms with Crippen LogP contribution in [0.1, 0.15) is 47.0 Å². The third-order valence-electron chi connectivity index (χ3n) is 7.83. The van der Waals surface area contributed by atoms with Crippen LogP contribution in [0.25, 0.3) is 0 Å². The molecule has 3 heterocycles. The predicted octanol–water partition coefficient (Wildman–Crippen LogP) is 1.92. The quantitative estimate of drug-likeness (QED) is 0.372. The van der Waals surface area contributed by atoms with Gasteiger partial charge in [0.15, 0.2) is 0 Å². The SMILES string of the molecule is C=CCOC(=O)[C@H]1[C@H]2C(=O)N(CCO)C(C(=O)N(CC=C)C(C)CCC)C23CC(C)[C@]1(C)O3. The summed E-state index contributed by atoms with van der Waals surface area (Å²) in [6.07, 6.45) is 5.35. The third-order valence-corrected chi connectivity index (χ3v) is 7.83. The summed E-state index contributed by atoms with van der Waals surface area (Å²) in [5, 5.41) is 9.73. The summed E-state index contributed by atoms with van der Waals surface area (Å²) in [5.41, 5.74) is -2.05. The third kappa shape index (κ3) is 3.81. The van der Waals surface area contributed by atoms with Gasteiger partial charge in [-0.15, -0.1) is 6.58 Å². The van der Waals surface area contributed by atoms with Gasteiger partial charge >= 0.3 is 5.97 Å². The number of hydrogen-bond acceptors (Lipinski definition) is 6. The molecule has 1 N–H and O–H groups in total. The molecule has 2 bridgehead atoms. The highest BCUT2D eigenvalue weighted by Crippen LogP contribution is 2.65. The number of amides is 2. The van der Waals surface area contributed by atoms with Gasteiger partial charge in [-0.2, -0.15) is 0 Å². The Bertz CT molecular complexity index is 815. The minimum Gasteiger partial charge on any atom is -0.461 e. The van der Waals surface area contributed by atoms with Crippen LogP contribution in [0.4, 0.5) is 0 Å². The number of nitrogens with zero attached hydrogens (tertiary/aromatic N) is 2. The van der Waals surface area contributed by atoms with Gasteiger partial charge in [0.2, 0.25) is 11.8 Å². The van der Waals surface area contributed by atoms with Crippen molar-refractivity contribution in [2.24, 2.45) is 17.8 Å². The molecule has 3 rings (SSSR count). The Morgan fingerprint density at radius 1 is 1.39 bits per heavy atom. The fraction of sp³-hybridized carbons (Fsp3) is 0.720. The maximum atomic E-state index is 14.1. The van der Waals surface area contributed by atoms with E-state index in [0.717, 1.165) is 12.8 Å². The number of likely N-dealkylation sites (tertiary alicyclic amines) is 1. The van der Waals surface area contributed by atoms with Crippen molar-refractivity contribution >= 4 is 17.8 Å². The Labute approximate surface area is 196 Å². The van der Waals surface area contributed by atoms with Crippen molar-refractivity contribution < 1.29 is 29.0 Å². The summed E-state index contributed by atoms with van der Waals surface area (Å²) in [7, 11) is 0. The molecule has 8 heteroatoms. The molecule has 7 atom stereocenters. The molecular weight excluding hydrogens is 424 g/mol. The van der Waals surface area contributed by atoms with Gasteiger partial charge in [-0.3, -0.25) is 14.4 Å². The van der Waals surface area contributed by atoms with Crippen molar-refractivity contribution in [1.82, 2.24) is 9.80 Å². The number of aliphatic hydroxyl groups excluding tert-OH is 1. The fourth-order valence-electron chi connectivity index (χ4n) is 6.31. The van der Waals surface area contributed by atoms with Crippen LogP contribution in [0.2, 0.25) is 0 Å². The molecule has 1 spiro atoms. The number of ether oxygens (including phenoxy) is 2. The van der Waals surface area contributed by atoms with Crippen molar-refractivity contribution in [3.63, 3.8) is 0 Å². The lowest BCUT2D eigenvalue weighted by Gasteiger charge is -2.39. The van der Waals surface area contributed by atoms with Crippen LogP contribution in [0, 0.1) is 17.8 Å². The van der Waals surface area contributed by atoms with Gasteiger partial charge in [0, 0.05) is 19.1 Å². The number of carbonyl (C=O) groups is 3. The van der Waals surface area contributed by atoms with E-state index in [1.807, 2.05) is 20.8 Å². The van der Waals surface area contributed by atoms with E-state index >= 15 is 0 Å². The van der Waals surface area contributed by atoms with E-state index in [0.29, 0.717) is 13.0 Å². The molecule has 3 fully saturated rings. The first-order chi connectivity index (χ1) is 15.6. The molecule has 3 aliphatic heterocycles.